The molecule has 6 heteroatoms. The van der Waals surface area contributed by atoms with Crippen molar-refractivity contribution in [3.8, 4) is 0 Å². The Morgan fingerprint density at radius 1 is 1.10 bits per heavy atom. The van der Waals surface area contributed by atoms with E-state index in [1.807, 2.05) is 20.8 Å². The highest BCUT2D eigenvalue weighted by Crippen LogP contribution is 2.06. The van der Waals surface area contributed by atoms with E-state index in [1.165, 1.54) is 19.2 Å². The van der Waals surface area contributed by atoms with Crippen LogP contribution in [0.3, 0.4) is 0 Å². The Balaban J connectivity index is 2.69. The zero-order chi connectivity index (χ0) is 15.3. The van der Waals surface area contributed by atoms with Gasteiger partial charge in [0.15, 0.2) is 5.11 Å². The molecule has 0 aromatic heterocycles. The number of carbonyl (C=O) groups excluding carboxylic acids is 2. The minimum atomic E-state index is -0.443. The summed E-state index contributed by atoms with van der Waals surface area (Å²) in [6, 6.07) is 6.14. The van der Waals surface area contributed by atoms with Crippen molar-refractivity contribution in [3.63, 3.8) is 0 Å². The van der Waals surface area contributed by atoms with Crippen molar-refractivity contribution in [1.29, 1.82) is 0 Å². The number of carbonyl (C=O) groups is 2. The number of rotatable bonds is 2. The van der Waals surface area contributed by atoms with Crippen LogP contribution in [0.2, 0.25) is 0 Å². The van der Waals surface area contributed by atoms with Crippen molar-refractivity contribution in [2.24, 2.45) is 0 Å². The average Bonchev–Trinajstić information content (AvgIpc) is 2.35. The summed E-state index contributed by atoms with van der Waals surface area (Å²) in [4.78, 5) is 23.2. The summed E-state index contributed by atoms with van der Waals surface area (Å²) < 4.78 is 4.59. The minimum Gasteiger partial charge on any atom is -0.465 e. The van der Waals surface area contributed by atoms with Crippen molar-refractivity contribution >= 4 is 29.2 Å². The third-order valence-corrected chi connectivity index (χ3v) is 2.49. The lowest BCUT2D eigenvalue weighted by Crippen LogP contribution is -2.48. The number of hydrogen-bond donors (Lipinski definition) is 2. The summed E-state index contributed by atoms with van der Waals surface area (Å²) >= 11 is 5.05. The van der Waals surface area contributed by atoms with Gasteiger partial charge in [-0.05, 0) is 57.3 Å². The lowest BCUT2D eigenvalue weighted by molar-refractivity contribution is 0.0600. The molecule has 108 valence electrons. The zero-order valence-electron chi connectivity index (χ0n) is 11.9. The molecule has 0 aliphatic heterocycles. The highest BCUT2D eigenvalue weighted by Gasteiger charge is 2.14. The Labute approximate surface area is 123 Å². The fourth-order valence-corrected chi connectivity index (χ4v) is 1.82. The maximum absolute atomic E-state index is 11.9. The molecule has 1 rings (SSSR count). The van der Waals surface area contributed by atoms with Crippen molar-refractivity contribution in [1.82, 2.24) is 10.6 Å². The number of amides is 1. The molecule has 1 aromatic carbocycles. The van der Waals surface area contributed by atoms with E-state index in [2.05, 4.69) is 15.4 Å². The number of nitrogens with one attached hydrogen (secondary N) is 2. The second kappa shape index (κ2) is 6.47. The molecule has 0 saturated carbocycles. The molecular weight excluding hydrogens is 276 g/mol. The number of benzene rings is 1. The number of hydrogen-bond acceptors (Lipinski definition) is 4. The van der Waals surface area contributed by atoms with E-state index >= 15 is 0 Å². The van der Waals surface area contributed by atoms with E-state index in [0.717, 1.165) is 0 Å². The van der Waals surface area contributed by atoms with Gasteiger partial charge in [-0.15, -0.1) is 0 Å². The predicted octanol–water partition coefficient (Wildman–Crippen LogP) is 1.88. The summed E-state index contributed by atoms with van der Waals surface area (Å²) in [5, 5.41) is 5.83. The quantitative estimate of drug-likeness (QED) is 0.644. The average molecular weight is 294 g/mol. The van der Waals surface area contributed by atoms with Gasteiger partial charge in [0, 0.05) is 11.1 Å². The molecule has 0 bridgehead atoms. The zero-order valence-corrected chi connectivity index (χ0v) is 12.8. The summed E-state index contributed by atoms with van der Waals surface area (Å²) in [6.07, 6.45) is 0. The van der Waals surface area contributed by atoms with E-state index in [9.17, 15) is 9.59 Å². The van der Waals surface area contributed by atoms with Crippen LogP contribution in [0.25, 0.3) is 0 Å². The molecular formula is C14H18N2O3S. The molecule has 0 atom stereocenters. The monoisotopic (exact) mass is 294 g/mol. The molecule has 20 heavy (non-hydrogen) atoms. The molecule has 1 aromatic rings. The van der Waals surface area contributed by atoms with Gasteiger partial charge in [0.05, 0.1) is 12.7 Å². The van der Waals surface area contributed by atoms with Crippen LogP contribution in [0.5, 0.6) is 0 Å². The topological polar surface area (TPSA) is 67.4 Å². The lowest BCUT2D eigenvalue weighted by atomic mass is 10.1. The summed E-state index contributed by atoms with van der Waals surface area (Å²) in [5.41, 5.74) is 0.578. The van der Waals surface area contributed by atoms with Gasteiger partial charge in [-0.1, -0.05) is 0 Å². The third-order valence-electron chi connectivity index (χ3n) is 2.28. The summed E-state index contributed by atoms with van der Waals surface area (Å²) in [7, 11) is 1.31. The molecule has 5 nitrogen and oxygen atoms in total. The standard InChI is InChI=1S/C14H18N2O3S/c1-14(2,3)16-13(20)15-11(17)9-5-7-10(8-6-9)12(18)19-4/h5-8H,1-4H3,(H2,15,16,17,20). The molecule has 0 unspecified atom stereocenters. The van der Waals surface area contributed by atoms with Gasteiger partial charge < -0.3 is 10.1 Å². The molecule has 0 fully saturated rings. The van der Waals surface area contributed by atoms with E-state index in [-0.39, 0.29) is 16.6 Å². The Bertz CT molecular complexity index is 518. The Kier molecular flexibility index (Phi) is 5.21. The number of esters is 1. The van der Waals surface area contributed by atoms with Crippen molar-refractivity contribution in [2.45, 2.75) is 26.3 Å². The van der Waals surface area contributed by atoms with Crippen molar-refractivity contribution < 1.29 is 14.3 Å². The van der Waals surface area contributed by atoms with Gasteiger partial charge in [-0.3, -0.25) is 10.1 Å². The fourth-order valence-electron chi connectivity index (χ4n) is 1.42. The minimum absolute atomic E-state index is 0.223. The number of ether oxygens (including phenoxy) is 1. The van der Waals surface area contributed by atoms with Crippen LogP contribution < -0.4 is 10.6 Å². The summed E-state index contributed by atoms with van der Waals surface area (Å²) in [5.74, 6) is -0.773. The maximum Gasteiger partial charge on any atom is 0.337 e. The first-order valence-electron chi connectivity index (χ1n) is 6.05. The fraction of sp³-hybridized carbons (Fsp3) is 0.357. The van der Waals surface area contributed by atoms with Crippen LogP contribution >= 0.6 is 12.2 Å². The summed E-state index contributed by atoms with van der Waals surface area (Å²) in [6.45, 7) is 5.82. The molecule has 0 radical (unpaired) electrons. The predicted molar refractivity (Wildman–Crippen MR) is 80.7 cm³/mol. The van der Waals surface area contributed by atoms with Gasteiger partial charge in [0.25, 0.3) is 5.91 Å². The first-order valence-corrected chi connectivity index (χ1v) is 6.45. The number of thiocarbonyl (C=S) groups is 1. The Morgan fingerprint density at radius 2 is 1.60 bits per heavy atom. The SMILES string of the molecule is COC(=O)c1ccc(C(=O)NC(=S)NC(C)(C)C)cc1. The second-order valence-corrected chi connectivity index (χ2v) is 5.64. The van der Waals surface area contributed by atoms with Crippen molar-refractivity contribution in [3.05, 3.63) is 35.4 Å². The first-order chi connectivity index (χ1) is 9.23. The van der Waals surface area contributed by atoms with Crippen molar-refractivity contribution in [2.75, 3.05) is 7.11 Å². The Morgan fingerprint density at radius 3 is 2.05 bits per heavy atom. The molecule has 0 aliphatic rings. The molecule has 0 aliphatic carbocycles. The van der Waals surface area contributed by atoms with Gasteiger partial charge >= 0.3 is 5.97 Å². The largest absolute Gasteiger partial charge is 0.465 e. The molecule has 0 spiro atoms. The van der Waals surface area contributed by atoms with E-state index < -0.39 is 5.97 Å². The normalized spacial score (nSPS) is 10.6. The van der Waals surface area contributed by atoms with E-state index in [4.69, 9.17) is 12.2 Å². The van der Waals surface area contributed by atoms with Crippen LogP contribution in [0.1, 0.15) is 41.5 Å². The smallest absolute Gasteiger partial charge is 0.337 e. The highest BCUT2D eigenvalue weighted by molar-refractivity contribution is 7.80. The number of methoxy groups -OCH3 is 1. The van der Waals surface area contributed by atoms with Crippen LogP contribution in [-0.4, -0.2) is 29.6 Å². The molecule has 0 saturated heterocycles. The van der Waals surface area contributed by atoms with E-state index in [1.54, 1.807) is 12.1 Å². The molecule has 0 heterocycles. The van der Waals surface area contributed by atoms with Crippen LogP contribution in [-0.2, 0) is 4.74 Å². The van der Waals surface area contributed by atoms with Crippen LogP contribution in [0.15, 0.2) is 24.3 Å². The molecule has 1 amide bonds. The molecule has 2 N–H and O–H groups in total. The first kappa shape index (κ1) is 16.1. The van der Waals surface area contributed by atoms with Gasteiger partial charge in [-0.25, -0.2) is 4.79 Å². The lowest BCUT2D eigenvalue weighted by Gasteiger charge is -2.22. The van der Waals surface area contributed by atoms with Gasteiger partial charge in [0.1, 0.15) is 0 Å². The van der Waals surface area contributed by atoms with Crippen LogP contribution in [0.4, 0.5) is 0 Å². The van der Waals surface area contributed by atoms with Gasteiger partial charge in [-0.2, -0.15) is 0 Å². The van der Waals surface area contributed by atoms with E-state index in [0.29, 0.717) is 11.1 Å². The second-order valence-electron chi connectivity index (χ2n) is 5.23. The van der Waals surface area contributed by atoms with Gasteiger partial charge in [0.2, 0.25) is 0 Å². The van der Waals surface area contributed by atoms with Crippen LogP contribution in [0, 0.1) is 0 Å². The third kappa shape index (κ3) is 4.97. The Hall–Kier alpha value is -1.95. The maximum atomic E-state index is 11.9. The highest BCUT2D eigenvalue weighted by atomic mass is 32.1.